The Balaban J connectivity index is 1.50. The van der Waals surface area contributed by atoms with Crippen LogP contribution in [-0.2, 0) is 14.6 Å². The molecule has 6 heteroatoms. The van der Waals surface area contributed by atoms with Crippen LogP contribution in [0.2, 0.25) is 0 Å². The smallest absolute Gasteiger partial charge is 0.223 e. The van der Waals surface area contributed by atoms with Crippen LogP contribution in [0.25, 0.3) is 0 Å². The maximum atomic E-state index is 12.2. The molecule has 2 heterocycles. The third kappa shape index (κ3) is 2.79. The van der Waals surface area contributed by atoms with E-state index in [1.807, 2.05) is 0 Å². The standard InChI is InChI=1S/C13H22N2O3S/c16-12(11-9-13(11)3-5-14-6-4-13)15-10-1-7-19(17,18)8-2-10/h10-11,14H,1-9H2,(H,15,16). The molecule has 0 aromatic heterocycles. The molecule has 108 valence electrons. The highest BCUT2D eigenvalue weighted by molar-refractivity contribution is 7.91. The van der Waals surface area contributed by atoms with Crippen LogP contribution >= 0.6 is 0 Å². The molecule has 3 fully saturated rings. The van der Waals surface area contributed by atoms with Crippen molar-refractivity contribution in [2.24, 2.45) is 11.3 Å². The molecule has 0 radical (unpaired) electrons. The van der Waals surface area contributed by atoms with E-state index in [1.54, 1.807) is 0 Å². The van der Waals surface area contributed by atoms with Crippen LogP contribution in [0.4, 0.5) is 0 Å². The van der Waals surface area contributed by atoms with Crippen molar-refractivity contribution in [2.75, 3.05) is 24.6 Å². The first-order valence-electron chi connectivity index (χ1n) is 7.22. The molecule has 1 amide bonds. The minimum Gasteiger partial charge on any atom is -0.353 e. The fourth-order valence-electron chi connectivity index (χ4n) is 3.53. The van der Waals surface area contributed by atoms with E-state index in [2.05, 4.69) is 10.6 Å². The van der Waals surface area contributed by atoms with E-state index in [9.17, 15) is 13.2 Å². The lowest BCUT2D eigenvalue weighted by molar-refractivity contribution is -0.124. The molecule has 2 N–H and O–H groups in total. The van der Waals surface area contributed by atoms with E-state index in [1.165, 1.54) is 0 Å². The van der Waals surface area contributed by atoms with Gasteiger partial charge in [0, 0.05) is 12.0 Å². The molecule has 1 spiro atoms. The number of hydrogen-bond acceptors (Lipinski definition) is 4. The summed E-state index contributed by atoms with van der Waals surface area (Å²) < 4.78 is 22.7. The Morgan fingerprint density at radius 3 is 2.42 bits per heavy atom. The van der Waals surface area contributed by atoms with Crippen molar-refractivity contribution < 1.29 is 13.2 Å². The Morgan fingerprint density at radius 2 is 1.79 bits per heavy atom. The van der Waals surface area contributed by atoms with E-state index >= 15 is 0 Å². The second-order valence-corrected chi connectivity index (χ2v) is 8.61. The summed E-state index contributed by atoms with van der Waals surface area (Å²) in [4.78, 5) is 12.2. The van der Waals surface area contributed by atoms with Gasteiger partial charge in [-0.05, 0) is 50.6 Å². The first-order valence-corrected chi connectivity index (χ1v) is 9.04. The van der Waals surface area contributed by atoms with E-state index in [4.69, 9.17) is 0 Å². The van der Waals surface area contributed by atoms with Gasteiger partial charge in [0.05, 0.1) is 11.5 Å². The van der Waals surface area contributed by atoms with Gasteiger partial charge in [0.2, 0.25) is 5.91 Å². The summed E-state index contributed by atoms with van der Waals surface area (Å²) in [5.41, 5.74) is 0.260. The number of rotatable bonds is 2. The number of hydrogen-bond donors (Lipinski definition) is 2. The highest BCUT2D eigenvalue weighted by Crippen LogP contribution is 2.58. The van der Waals surface area contributed by atoms with Crippen LogP contribution in [0, 0.1) is 11.3 Å². The second-order valence-electron chi connectivity index (χ2n) is 6.30. The SMILES string of the molecule is O=C(NC1CCS(=O)(=O)CC1)C1CC12CCNCC2. The largest absolute Gasteiger partial charge is 0.353 e. The van der Waals surface area contributed by atoms with E-state index < -0.39 is 9.84 Å². The Morgan fingerprint density at radius 1 is 1.16 bits per heavy atom. The van der Waals surface area contributed by atoms with Crippen molar-refractivity contribution in [3.63, 3.8) is 0 Å². The third-order valence-electron chi connectivity index (χ3n) is 5.01. The molecule has 1 saturated carbocycles. The minimum absolute atomic E-state index is 0.0652. The van der Waals surface area contributed by atoms with Gasteiger partial charge in [0.1, 0.15) is 9.84 Å². The maximum absolute atomic E-state index is 12.2. The van der Waals surface area contributed by atoms with Crippen LogP contribution < -0.4 is 10.6 Å². The minimum atomic E-state index is -2.84. The molecule has 2 saturated heterocycles. The molecule has 0 aromatic carbocycles. The molecule has 19 heavy (non-hydrogen) atoms. The first-order chi connectivity index (χ1) is 9.01. The zero-order valence-electron chi connectivity index (χ0n) is 11.2. The van der Waals surface area contributed by atoms with Gasteiger partial charge in [-0.1, -0.05) is 0 Å². The van der Waals surface area contributed by atoms with Gasteiger partial charge >= 0.3 is 0 Å². The topological polar surface area (TPSA) is 75.3 Å². The summed E-state index contributed by atoms with van der Waals surface area (Å²) >= 11 is 0. The molecular formula is C13H22N2O3S. The number of carbonyl (C=O) groups excluding carboxylic acids is 1. The van der Waals surface area contributed by atoms with Crippen molar-refractivity contribution >= 4 is 15.7 Å². The van der Waals surface area contributed by atoms with E-state index in [0.717, 1.165) is 32.4 Å². The lowest BCUT2D eigenvalue weighted by Crippen LogP contribution is -2.42. The summed E-state index contributed by atoms with van der Waals surface area (Å²) in [5.74, 6) is 0.773. The molecule has 1 atom stereocenters. The molecule has 1 aliphatic carbocycles. The third-order valence-corrected chi connectivity index (χ3v) is 6.72. The Labute approximate surface area is 114 Å². The fraction of sp³-hybridized carbons (Fsp3) is 0.923. The summed E-state index contributed by atoms with van der Waals surface area (Å²) in [7, 11) is -2.84. The Hall–Kier alpha value is -0.620. The van der Waals surface area contributed by atoms with Crippen LogP contribution in [0.15, 0.2) is 0 Å². The van der Waals surface area contributed by atoms with Gasteiger partial charge in [-0.3, -0.25) is 4.79 Å². The van der Waals surface area contributed by atoms with Gasteiger partial charge in [-0.15, -0.1) is 0 Å². The van der Waals surface area contributed by atoms with Gasteiger partial charge in [0.25, 0.3) is 0 Å². The van der Waals surface area contributed by atoms with E-state index in [-0.39, 0.29) is 34.8 Å². The van der Waals surface area contributed by atoms with E-state index in [0.29, 0.717) is 12.8 Å². The number of piperidine rings is 1. The van der Waals surface area contributed by atoms with Crippen LogP contribution in [0.5, 0.6) is 0 Å². The van der Waals surface area contributed by atoms with Crippen molar-refractivity contribution in [2.45, 2.75) is 38.1 Å². The number of carbonyl (C=O) groups is 1. The summed E-state index contributed by atoms with van der Waals surface area (Å²) in [6, 6.07) is 0.0652. The van der Waals surface area contributed by atoms with Gasteiger partial charge in [0.15, 0.2) is 0 Å². The molecule has 1 unspecified atom stereocenters. The normalized spacial score (nSPS) is 32.9. The predicted molar refractivity (Wildman–Crippen MR) is 72.5 cm³/mol. The quantitative estimate of drug-likeness (QED) is 0.753. The van der Waals surface area contributed by atoms with Crippen molar-refractivity contribution in [1.82, 2.24) is 10.6 Å². The zero-order chi connectivity index (χ0) is 13.5. The zero-order valence-corrected chi connectivity index (χ0v) is 12.0. The van der Waals surface area contributed by atoms with Crippen molar-refractivity contribution in [1.29, 1.82) is 0 Å². The summed E-state index contributed by atoms with van der Waals surface area (Å²) in [5, 5.41) is 6.40. The van der Waals surface area contributed by atoms with Gasteiger partial charge < -0.3 is 10.6 Å². The Bertz CT molecular complexity index is 454. The van der Waals surface area contributed by atoms with Gasteiger partial charge in [-0.2, -0.15) is 0 Å². The maximum Gasteiger partial charge on any atom is 0.223 e. The average Bonchev–Trinajstić information content (AvgIpc) is 3.07. The Kier molecular flexibility index (Phi) is 3.33. The van der Waals surface area contributed by atoms with Crippen molar-refractivity contribution in [3.05, 3.63) is 0 Å². The molecule has 0 bridgehead atoms. The van der Waals surface area contributed by atoms with Gasteiger partial charge in [-0.25, -0.2) is 8.42 Å². The fourth-order valence-corrected chi connectivity index (χ4v) is 5.02. The first kappa shape index (κ1) is 13.4. The second kappa shape index (κ2) is 4.74. The molecule has 5 nitrogen and oxygen atoms in total. The molecule has 0 aromatic rings. The van der Waals surface area contributed by atoms with Crippen molar-refractivity contribution in [3.8, 4) is 0 Å². The predicted octanol–water partition coefficient (Wildman–Crippen LogP) is 0.0695. The number of sulfone groups is 1. The molecule has 2 aliphatic heterocycles. The molecule has 3 aliphatic rings. The summed E-state index contributed by atoms with van der Waals surface area (Å²) in [6.45, 7) is 2.04. The van der Waals surface area contributed by atoms with Crippen LogP contribution in [0.3, 0.4) is 0 Å². The highest BCUT2D eigenvalue weighted by atomic mass is 32.2. The number of amides is 1. The average molecular weight is 286 g/mol. The number of nitrogens with one attached hydrogen (secondary N) is 2. The summed E-state index contributed by atoms with van der Waals surface area (Å²) in [6.07, 6.45) is 4.38. The van der Waals surface area contributed by atoms with Crippen LogP contribution in [0.1, 0.15) is 32.1 Å². The lowest BCUT2D eigenvalue weighted by Gasteiger charge is -2.26. The highest BCUT2D eigenvalue weighted by Gasteiger charge is 2.57. The van der Waals surface area contributed by atoms with Crippen LogP contribution in [-0.4, -0.2) is 45.0 Å². The monoisotopic (exact) mass is 286 g/mol. The molecular weight excluding hydrogens is 264 g/mol. The lowest BCUT2D eigenvalue weighted by atomic mass is 9.91. The molecule has 3 rings (SSSR count).